The van der Waals surface area contributed by atoms with E-state index in [1.807, 2.05) is 6.07 Å². The lowest BCUT2D eigenvalue weighted by atomic mass is 10.1. The summed E-state index contributed by atoms with van der Waals surface area (Å²) in [5, 5.41) is 14.2. The van der Waals surface area contributed by atoms with Gasteiger partial charge in [-0.2, -0.15) is 11.3 Å². The molecule has 2 heterocycles. The minimum absolute atomic E-state index is 0.302. The van der Waals surface area contributed by atoms with E-state index in [0.29, 0.717) is 0 Å². The van der Waals surface area contributed by atoms with Gasteiger partial charge in [-0.15, -0.1) is 11.3 Å². The van der Waals surface area contributed by atoms with Gasteiger partial charge in [0.15, 0.2) is 0 Å². The number of hydrogen-bond donors (Lipinski definition) is 1. The number of aliphatic hydroxyl groups excluding tert-OH is 1. The molecule has 0 amide bonds. The van der Waals surface area contributed by atoms with Gasteiger partial charge in [-0.05, 0) is 54.3 Å². The van der Waals surface area contributed by atoms with E-state index in [1.165, 1.54) is 10.4 Å². The highest BCUT2D eigenvalue weighted by Crippen LogP contribution is 2.26. The van der Waals surface area contributed by atoms with Crippen molar-refractivity contribution in [3.8, 4) is 0 Å². The number of aliphatic hydroxyl groups is 1. The zero-order chi connectivity index (χ0) is 10.7. The van der Waals surface area contributed by atoms with Crippen molar-refractivity contribution in [2.24, 2.45) is 0 Å². The van der Waals surface area contributed by atoms with Crippen LogP contribution in [0.25, 0.3) is 0 Å². The molecule has 0 aliphatic rings. The molecular weight excluding hydrogens is 224 g/mol. The Hall–Kier alpha value is -0.640. The molecule has 0 saturated carbocycles. The summed E-state index contributed by atoms with van der Waals surface area (Å²) >= 11 is 3.40. The van der Waals surface area contributed by atoms with Crippen molar-refractivity contribution in [2.75, 3.05) is 0 Å². The first-order valence-electron chi connectivity index (χ1n) is 5.01. The number of hydrogen-bond acceptors (Lipinski definition) is 3. The summed E-state index contributed by atoms with van der Waals surface area (Å²) in [6.07, 6.45) is 1.47. The maximum Gasteiger partial charge on any atom is 0.0885 e. The van der Waals surface area contributed by atoms with Crippen LogP contribution < -0.4 is 0 Å². The Morgan fingerprint density at radius 2 is 2.20 bits per heavy atom. The molecule has 1 N–H and O–H groups in total. The van der Waals surface area contributed by atoms with E-state index in [9.17, 15) is 5.11 Å². The van der Waals surface area contributed by atoms with Crippen LogP contribution in [0.2, 0.25) is 0 Å². The Morgan fingerprint density at radius 3 is 2.80 bits per heavy atom. The highest BCUT2D eigenvalue weighted by Gasteiger charge is 2.09. The first-order chi connectivity index (χ1) is 7.25. The molecule has 1 nitrogen and oxygen atoms in total. The highest BCUT2D eigenvalue weighted by atomic mass is 32.1. The molecule has 3 heteroatoms. The lowest BCUT2D eigenvalue weighted by Gasteiger charge is -2.06. The first-order valence-corrected chi connectivity index (χ1v) is 6.77. The van der Waals surface area contributed by atoms with Crippen molar-refractivity contribution < 1.29 is 5.11 Å². The highest BCUT2D eigenvalue weighted by molar-refractivity contribution is 7.12. The fraction of sp³-hybridized carbons (Fsp3) is 0.333. The van der Waals surface area contributed by atoms with Crippen molar-refractivity contribution in [1.82, 2.24) is 0 Å². The van der Waals surface area contributed by atoms with E-state index >= 15 is 0 Å². The molecule has 0 radical (unpaired) electrons. The predicted octanol–water partition coefficient (Wildman–Crippen LogP) is 3.78. The fourth-order valence-corrected chi connectivity index (χ4v) is 3.11. The van der Waals surface area contributed by atoms with Crippen LogP contribution in [0.3, 0.4) is 0 Å². The van der Waals surface area contributed by atoms with Gasteiger partial charge in [0.05, 0.1) is 6.10 Å². The van der Waals surface area contributed by atoms with Crippen LogP contribution >= 0.6 is 22.7 Å². The molecule has 0 aliphatic heterocycles. The van der Waals surface area contributed by atoms with Crippen LogP contribution in [0.15, 0.2) is 29.0 Å². The average molecular weight is 238 g/mol. The average Bonchev–Trinajstić information content (AvgIpc) is 2.84. The predicted molar refractivity (Wildman–Crippen MR) is 66.7 cm³/mol. The Labute approximate surface area is 98.0 Å². The fourth-order valence-electron chi connectivity index (χ4n) is 1.51. The Bertz CT molecular complexity index is 403. The van der Waals surface area contributed by atoms with Gasteiger partial charge in [0.25, 0.3) is 0 Å². The van der Waals surface area contributed by atoms with E-state index in [4.69, 9.17) is 0 Å². The second-order valence-electron chi connectivity index (χ2n) is 3.63. The summed E-state index contributed by atoms with van der Waals surface area (Å²) in [5.74, 6) is 0. The maximum atomic E-state index is 9.95. The van der Waals surface area contributed by atoms with E-state index in [-0.39, 0.29) is 6.10 Å². The molecule has 0 fully saturated rings. The van der Waals surface area contributed by atoms with Gasteiger partial charge in [-0.3, -0.25) is 0 Å². The molecule has 1 atom stereocenters. The zero-order valence-electron chi connectivity index (χ0n) is 8.64. The summed E-state index contributed by atoms with van der Waals surface area (Å²) < 4.78 is 0. The quantitative estimate of drug-likeness (QED) is 0.859. The normalized spacial score (nSPS) is 12.9. The molecule has 2 aromatic rings. The standard InChI is InChI=1S/C12H14OS2/c1-9-2-5-12(15-9)11(13)4-3-10-6-7-14-8-10/h2,5-8,11,13H,3-4H2,1H3. The molecule has 0 aliphatic carbocycles. The largest absolute Gasteiger partial charge is 0.388 e. The summed E-state index contributed by atoms with van der Waals surface area (Å²) in [4.78, 5) is 2.35. The third-order valence-electron chi connectivity index (χ3n) is 2.38. The van der Waals surface area contributed by atoms with Crippen molar-refractivity contribution in [2.45, 2.75) is 25.9 Å². The summed E-state index contributed by atoms with van der Waals surface area (Å²) in [6, 6.07) is 6.21. The molecule has 0 spiro atoms. The molecule has 80 valence electrons. The lowest BCUT2D eigenvalue weighted by molar-refractivity contribution is 0.171. The van der Waals surface area contributed by atoms with Gasteiger partial charge in [0.1, 0.15) is 0 Å². The maximum absolute atomic E-state index is 9.95. The van der Waals surface area contributed by atoms with Crippen molar-refractivity contribution in [3.63, 3.8) is 0 Å². The van der Waals surface area contributed by atoms with Gasteiger partial charge in [-0.1, -0.05) is 0 Å². The van der Waals surface area contributed by atoms with Gasteiger partial charge in [-0.25, -0.2) is 0 Å². The van der Waals surface area contributed by atoms with E-state index in [1.54, 1.807) is 22.7 Å². The summed E-state index contributed by atoms with van der Waals surface area (Å²) in [7, 11) is 0. The monoisotopic (exact) mass is 238 g/mol. The van der Waals surface area contributed by atoms with Crippen LogP contribution in [0, 0.1) is 6.92 Å². The molecule has 1 unspecified atom stereocenters. The third-order valence-corrected chi connectivity index (χ3v) is 4.21. The Kier molecular flexibility index (Phi) is 3.57. The topological polar surface area (TPSA) is 20.2 Å². The molecule has 2 rings (SSSR count). The molecule has 15 heavy (non-hydrogen) atoms. The number of aryl methyl sites for hydroxylation is 2. The molecular formula is C12H14OS2. The molecule has 2 aromatic heterocycles. The van der Waals surface area contributed by atoms with Crippen LogP contribution in [0.1, 0.15) is 27.8 Å². The van der Waals surface area contributed by atoms with Crippen molar-refractivity contribution in [3.05, 3.63) is 44.3 Å². The summed E-state index contributed by atoms with van der Waals surface area (Å²) in [5.41, 5.74) is 1.33. The first kappa shape index (κ1) is 10.9. The zero-order valence-corrected chi connectivity index (χ0v) is 10.3. The van der Waals surface area contributed by atoms with Gasteiger partial charge < -0.3 is 5.11 Å². The van der Waals surface area contributed by atoms with Crippen LogP contribution in [0.4, 0.5) is 0 Å². The molecule has 0 saturated heterocycles. The second-order valence-corrected chi connectivity index (χ2v) is 5.73. The van der Waals surface area contributed by atoms with E-state index < -0.39 is 0 Å². The van der Waals surface area contributed by atoms with Crippen LogP contribution in [-0.4, -0.2) is 5.11 Å². The van der Waals surface area contributed by atoms with Gasteiger partial charge in [0.2, 0.25) is 0 Å². The molecule has 0 bridgehead atoms. The third kappa shape index (κ3) is 2.91. The lowest BCUT2D eigenvalue weighted by Crippen LogP contribution is -1.96. The Balaban J connectivity index is 1.90. The van der Waals surface area contributed by atoms with Gasteiger partial charge in [0, 0.05) is 9.75 Å². The van der Waals surface area contributed by atoms with E-state index in [0.717, 1.165) is 17.7 Å². The van der Waals surface area contributed by atoms with Crippen LogP contribution in [0.5, 0.6) is 0 Å². The number of rotatable bonds is 4. The smallest absolute Gasteiger partial charge is 0.0885 e. The van der Waals surface area contributed by atoms with E-state index in [2.05, 4.69) is 29.8 Å². The SMILES string of the molecule is Cc1ccc(C(O)CCc2ccsc2)s1. The minimum atomic E-state index is -0.302. The second kappa shape index (κ2) is 4.92. The van der Waals surface area contributed by atoms with Crippen molar-refractivity contribution >= 4 is 22.7 Å². The minimum Gasteiger partial charge on any atom is -0.388 e. The summed E-state index contributed by atoms with van der Waals surface area (Å²) in [6.45, 7) is 2.07. The number of thiophene rings is 2. The van der Waals surface area contributed by atoms with Crippen LogP contribution in [-0.2, 0) is 6.42 Å². The molecule has 0 aromatic carbocycles. The van der Waals surface area contributed by atoms with Gasteiger partial charge >= 0.3 is 0 Å². The van der Waals surface area contributed by atoms with Crippen molar-refractivity contribution in [1.29, 1.82) is 0 Å². The Morgan fingerprint density at radius 1 is 1.33 bits per heavy atom.